The molecular weight excluding hydrogens is 376 g/mol. The summed E-state index contributed by atoms with van der Waals surface area (Å²) in [7, 11) is 1.87. The molecule has 0 spiro atoms. The summed E-state index contributed by atoms with van der Waals surface area (Å²) in [6, 6.07) is 11.3. The van der Waals surface area contributed by atoms with Gasteiger partial charge in [-0.2, -0.15) is 0 Å². The number of carboxylic acids is 1. The number of thiophene rings is 1. The molecule has 8 heteroatoms. The summed E-state index contributed by atoms with van der Waals surface area (Å²) >= 11 is 1.61. The van der Waals surface area contributed by atoms with Gasteiger partial charge >= 0.3 is 5.97 Å². The highest BCUT2D eigenvalue weighted by atomic mass is 32.1. The number of aromatic nitrogens is 2. The Hall–Kier alpha value is -3.00. The molecule has 1 unspecified atom stereocenters. The first-order chi connectivity index (χ1) is 13.3. The SMILES string of the molecule is Cc1nc(N(C)CCC(=O)NC(C)C(=O)O)c2cc(-c3ccccc3)sc2n1. The second-order valence-electron chi connectivity index (χ2n) is 6.59. The maximum absolute atomic E-state index is 12.0. The van der Waals surface area contributed by atoms with Crippen LogP contribution in [0.4, 0.5) is 5.82 Å². The van der Waals surface area contributed by atoms with E-state index in [-0.39, 0.29) is 12.3 Å². The molecule has 0 aliphatic carbocycles. The van der Waals surface area contributed by atoms with E-state index in [9.17, 15) is 9.59 Å². The number of benzene rings is 1. The number of aliphatic carboxylic acids is 1. The molecule has 7 nitrogen and oxygen atoms in total. The number of amides is 1. The summed E-state index contributed by atoms with van der Waals surface area (Å²) in [5, 5.41) is 12.3. The maximum Gasteiger partial charge on any atom is 0.325 e. The molecule has 0 saturated carbocycles. The largest absolute Gasteiger partial charge is 0.480 e. The van der Waals surface area contributed by atoms with E-state index in [0.717, 1.165) is 26.5 Å². The molecule has 0 bridgehead atoms. The Kier molecular flexibility index (Phi) is 5.89. The lowest BCUT2D eigenvalue weighted by Gasteiger charge is -2.19. The maximum atomic E-state index is 12.0. The average Bonchev–Trinajstić information content (AvgIpc) is 3.09. The Morgan fingerprint density at radius 1 is 1.25 bits per heavy atom. The van der Waals surface area contributed by atoms with Gasteiger partial charge in [0, 0.05) is 24.9 Å². The molecule has 2 N–H and O–H groups in total. The zero-order valence-electron chi connectivity index (χ0n) is 16.0. The Morgan fingerprint density at radius 3 is 2.64 bits per heavy atom. The minimum absolute atomic E-state index is 0.175. The Morgan fingerprint density at radius 2 is 1.96 bits per heavy atom. The molecule has 28 heavy (non-hydrogen) atoms. The summed E-state index contributed by atoms with van der Waals surface area (Å²) in [5.41, 5.74) is 1.12. The van der Waals surface area contributed by atoms with Crippen molar-refractivity contribution < 1.29 is 14.7 Å². The fraction of sp³-hybridized carbons (Fsp3) is 0.300. The number of hydrogen-bond donors (Lipinski definition) is 2. The molecule has 3 rings (SSSR count). The molecule has 1 amide bonds. The van der Waals surface area contributed by atoms with E-state index in [2.05, 4.69) is 33.5 Å². The van der Waals surface area contributed by atoms with Gasteiger partial charge in [0.15, 0.2) is 0 Å². The van der Waals surface area contributed by atoms with Crippen LogP contribution in [0, 0.1) is 6.92 Å². The van der Waals surface area contributed by atoms with E-state index in [1.165, 1.54) is 6.92 Å². The van der Waals surface area contributed by atoms with Crippen LogP contribution in [0.5, 0.6) is 0 Å². The second-order valence-corrected chi connectivity index (χ2v) is 7.62. The van der Waals surface area contributed by atoms with E-state index in [4.69, 9.17) is 5.11 Å². The molecule has 2 heterocycles. The molecule has 1 aromatic carbocycles. The number of hydrogen-bond acceptors (Lipinski definition) is 6. The van der Waals surface area contributed by atoms with Gasteiger partial charge in [0.1, 0.15) is 22.5 Å². The van der Waals surface area contributed by atoms with Crippen LogP contribution < -0.4 is 10.2 Å². The van der Waals surface area contributed by atoms with Crippen LogP contribution in [-0.2, 0) is 9.59 Å². The summed E-state index contributed by atoms with van der Waals surface area (Å²) in [4.78, 5) is 35.9. The van der Waals surface area contributed by atoms with Crippen LogP contribution in [0.15, 0.2) is 36.4 Å². The predicted octanol–water partition coefficient (Wildman–Crippen LogP) is 3.08. The smallest absolute Gasteiger partial charge is 0.325 e. The summed E-state index contributed by atoms with van der Waals surface area (Å²) in [6.45, 7) is 3.71. The van der Waals surface area contributed by atoms with Crippen molar-refractivity contribution in [3.63, 3.8) is 0 Å². The molecule has 146 valence electrons. The van der Waals surface area contributed by atoms with E-state index < -0.39 is 12.0 Å². The number of rotatable bonds is 7. The molecule has 0 aliphatic rings. The van der Waals surface area contributed by atoms with E-state index in [1.54, 1.807) is 11.3 Å². The van der Waals surface area contributed by atoms with Crippen LogP contribution in [0.25, 0.3) is 20.7 Å². The molecule has 0 saturated heterocycles. The number of anilines is 1. The number of carboxylic acid groups (broad SMARTS) is 1. The zero-order valence-corrected chi connectivity index (χ0v) is 16.8. The number of nitrogens with zero attached hydrogens (tertiary/aromatic N) is 3. The predicted molar refractivity (Wildman–Crippen MR) is 111 cm³/mol. The Balaban J connectivity index is 1.81. The van der Waals surface area contributed by atoms with E-state index >= 15 is 0 Å². The van der Waals surface area contributed by atoms with Gasteiger partial charge in [-0.1, -0.05) is 30.3 Å². The lowest BCUT2D eigenvalue weighted by Crippen LogP contribution is -2.39. The van der Waals surface area contributed by atoms with Crippen LogP contribution in [0.1, 0.15) is 19.2 Å². The molecular formula is C20H22N4O3S. The highest BCUT2D eigenvalue weighted by Crippen LogP contribution is 2.36. The molecule has 0 radical (unpaired) electrons. The van der Waals surface area contributed by atoms with E-state index in [1.807, 2.05) is 37.1 Å². The summed E-state index contributed by atoms with van der Waals surface area (Å²) < 4.78 is 0. The first-order valence-corrected chi connectivity index (χ1v) is 9.73. The first kappa shape index (κ1) is 19.8. The zero-order chi connectivity index (χ0) is 20.3. The van der Waals surface area contributed by atoms with Crippen molar-refractivity contribution in [2.24, 2.45) is 0 Å². The van der Waals surface area contributed by atoms with Gasteiger partial charge in [-0.05, 0) is 25.5 Å². The fourth-order valence-corrected chi connectivity index (χ4v) is 3.87. The van der Waals surface area contributed by atoms with Gasteiger partial charge in [0.2, 0.25) is 5.91 Å². The molecule has 0 aliphatic heterocycles. The van der Waals surface area contributed by atoms with Gasteiger partial charge in [0.05, 0.1) is 5.39 Å². The molecule has 0 fully saturated rings. The van der Waals surface area contributed by atoms with Crippen molar-refractivity contribution in [1.82, 2.24) is 15.3 Å². The van der Waals surface area contributed by atoms with Crippen LogP contribution in [-0.4, -0.2) is 46.6 Å². The number of carbonyl (C=O) groups excluding carboxylic acids is 1. The molecule has 3 aromatic rings. The number of carbonyl (C=O) groups is 2. The topological polar surface area (TPSA) is 95.4 Å². The Bertz CT molecular complexity index is 1000. The number of nitrogens with one attached hydrogen (secondary N) is 1. The Labute approximate surface area is 167 Å². The first-order valence-electron chi connectivity index (χ1n) is 8.92. The van der Waals surface area contributed by atoms with Crippen LogP contribution in [0.2, 0.25) is 0 Å². The van der Waals surface area contributed by atoms with Crippen molar-refractivity contribution in [2.75, 3.05) is 18.5 Å². The summed E-state index contributed by atoms with van der Waals surface area (Å²) in [6.07, 6.45) is 0.175. The summed E-state index contributed by atoms with van der Waals surface area (Å²) in [5.74, 6) is 0.0698. The van der Waals surface area contributed by atoms with Crippen molar-refractivity contribution >= 4 is 39.2 Å². The molecule has 2 aromatic heterocycles. The monoisotopic (exact) mass is 398 g/mol. The third-order valence-corrected chi connectivity index (χ3v) is 5.40. The van der Waals surface area contributed by atoms with Gasteiger partial charge in [-0.25, -0.2) is 9.97 Å². The van der Waals surface area contributed by atoms with Gasteiger partial charge in [0.25, 0.3) is 0 Å². The van der Waals surface area contributed by atoms with E-state index in [0.29, 0.717) is 12.4 Å². The van der Waals surface area contributed by atoms with Gasteiger partial charge in [-0.3, -0.25) is 9.59 Å². The standard InChI is InChI=1S/C20H22N4O3S/c1-12(20(26)27)21-17(25)9-10-24(3)18-15-11-16(14-7-5-4-6-8-14)28-19(15)23-13(2)22-18/h4-8,11-12H,9-10H2,1-3H3,(H,21,25)(H,26,27). The third-order valence-electron chi connectivity index (χ3n) is 4.33. The highest BCUT2D eigenvalue weighted by molar-refractivity contribution is 7.21. The van der Waals surface area contributed by atoms with Crippen molar-refractivity contribution in [3.05, 3.63) is 42.2 Å². The lowest BCUT2D eigenvalue weighted by molar-refractivity contribution is -0.141. The van der Waals surface area contributed by atoms with Crippen LogP contribution >= 0.6 is 11.3 Å². The van der Waals surface area contributed by atoms with Gasteiger partial charge in [-0.15, -0.1) is 11.3 Å². The minimum atomic E-state index is -1.05. The second kappa shape index (κ2) is 8.35. The fourth-order valence-electron chi connectivity index (χ4n) is 2.80. The van der Waals surface area contributed by atoms with Crippen molar-refractivity contribution in [1.29, 1.82) is 0 Å². The van der Waals surface area contributed by atoms with Crippen molar-refractivity contribution in [3.8, 4) is 10.4 Å². The average molecular weight is 398 g/mol. The third kappa shape index (κ3) is 4.45. The molecule has 1 atom stereocenters. The number of aryl methyl sites for hydroxylation is 1. The highest BCUT2D eigenvalue weighted by Gasteiger charge is 2.17. The van der Waals surface area contributed by atoms with Gasteiger partial charge < -0.3 is 15.3 Å². The lowest BCUT2D eigenvalue weighted by atomic mass is 10.2. The number of fused-ring (bicyclic) bond motifs is 1. The van der Waals surface area contributed by atoms with Crippen LogP contribution in [0.3, 0.4) is 0 Å². The minimum Gasteiger partial charge on any atom is -0.480 e. The normalized spacial score (nSPS) is 12.0. The quantitative estimate of drug-likeness (QED) is 0.635. The van der Waals surface area contributed by atoms with Crippen molar-refractivity contribution in [2.45, 2.75) is 26.3 Å².